The summed E-state index contributed by atoms with van der Waals surface area (Å²) in [5.74, 6) is 1.08. The molecule has 9 heteroatoms. The fourth-order valence-corrected chi connectivity index (χ4v) is 2.37. The van der Waals surface area contributed by atoms with Crippen LogP contribution < -0.4 is 5.32 Å². The smallest absolute Gasteiger partial charge is 0.242 e. The molecule has 0 aliphatic heterocycles. The van der Waals surface area contributed by atoms with Crippen molar-refractivity contribution in [3.05, 3.63) is 30.2 Å². The maximum absolute atomic E-state index is 10.3. The molecular formula is C16H14N8O. The molecule has 1 aromatic carbocycles. The van der Waals surface area contributed by atoms with E-state index >= 15 is 0 Å². The van der Waals surface area contributed by atoms with E-state index in [1.54, 1.807) is 25.4 Å². The Bertz CT molecular complexity index is 969. The highest BCUT2D eigenvalue weighted by Crippen LogP contribution is 2.31. The standard InChI is InChI=1S/C16H14N8O/c1-24-14(7-17)20-15(23-24)9-2-5-11(13(25)6-9)12-8-18-16(22-21-12)19-10-3-4-10/h2,5-6,8,10,25H,3-4H2,1H3,(H,18,19,22). The van der Waals surface area contributed by atoms with Crippen LogP contribution >= 0.6 is 0 Å². The molecule has 1 aliphatic rings. The lowest BCUT2D eigenvalue weighted by Crippen LogP contribution is -2.06. The van der Waals surface area contributed by atoms with E-state index in [1.165, 1.54) is 10.7 Å². The molecule has 0 radical (unpaired) electrons. The number of aryl methyl sites for hydroxylation is 1. The van der Waals surface area contributed by atoms with Crippen molar-refractivity contribution in [1.82, 2.24) is 29.9 Å². The molecule has 124 valence electrons. The zero-order valence-corrected chi connectivity index (χ0v) is 13.4. The molecule has 2 aromatic heterocycles. The minimum atomic E-state index is 0.0162. The summed E-state index contributed by atoms with van der Waals surface area (Å²) >= 11 is 0. The number of nitriles is 1. The number of nitrogens with one attached hydrogen (secondary N) is 1. The van der Waals surface area contributed by atoms with Crippen molar-refractivity contribution in [2.75, 3.05) is 5.32 Å². The van der Waals surface area contributed by atoms with Crippen LogP contribution in [0, 0.1) is 11.3 Å². The minimum absolute atomic E-state index is 0.0162. The number of phenols is 1. The lowest BCUT2D eigenvalue weighted by molar-refractivity contribution is 0.477. The van der Waals surface area contributed by atoms with Gasteiger partial charge in [-0.05, 0) is 25.0 Å². The quantitative estimate of drug-likeness (QED) is 0.735. The summed E-state index contributed by atoms with van der Waals surface area (Å²) in [5, 5.41) is 34.8. The van der Waals surface area contributed by atoms with Crippen LogP contribution in [0.15, 0.2) is 24.4 Å². The Kier molecular flexibility index (Phi) is 3.50. The highest BCUT2D eigenvalue weighted by atomic mass is 16.3. The van der Waals surface area contributed by atoms with Crippen LogP contribution in [0.1, 0.15) is 18.7 Å². The van der Waals surface area contributed by atoms with E-state index in [4.69, 9.17) is 5.26 Å². The molecule has 0 saturated heterocycles. The molecule has 2 N–H and O–H groups in total. The number of anilines is 1. The maximum atomic E-state index is 10.3. The van der Waals surface area contributed by atoms with Gasteiger partial charge in [0.1, 0.15) is 17.5 Å². The van der Waals surface area contributed by atoms with Gasteiger partial charge >= 0.3 is 0 Å². The van der Waals surface area contributed by atoms with Crippen molar-refractivity contribution in [3.8, 4) is 34.5 Å². The van der Waals surface area contributed by atoms with E-state index in [2.05, 4.69) is 30.6 Å². The Hall–Kier alpha value is -3.54. The number of phenolic OH excluding ortho intramolecular Hbond substituents is 1. The van der Waals surface area contributed by atoms with Gasteiger partial charge < -0.3 is 10.4 Å². The van der Waals surface area contributed by atoms with Crippen LogP contribution in [0.2, 0.25) is 0 Å². The second-order valence-corrected chi connectivity index (χ2v) is 5.81. The van der Waals surface area contributed by atoms with Gasteiger partial charge in [0.25, 0.3) is 0 Å². The van der Waals surface area contributed by atoms with Gasteiger partial charge in [-0.2, -0.15) is 15.3 Å². The Morgan fingerprint density at radius 1 is 1.32 bits per heavy atom. The summed E-state index contributed by atoms with van der Waals surface area (Å²) in [6, 6.07) is 7.39. The zero-order chi connectivity index (χ0) is 17.4. The predicted octanol–water partition coefficient (Wildman–Crippen LogP) is 1.49. The van der Waals surface area contributed by atoms with Crippen molar-refractivity contribution in [2.24, 2.45) is 7.05 Å². The van der Waals surface area contributed by atoms with Gasteiger partial charge in [0, 0.05) is 24.2 Å². The first-order valence-electron chi connectivity index (χ1n) is 7.75. The monoisotopic (exact) mass is 334 g/mol. The van der Waals surface area contributed by atoms with E-state index < -0.39 is 0 Å². The molecule has 25 heavy (non-hydrogen) atoms. The molecule has 1 fully saturated rings. The molecule has 0 unspecified atom stereocenters. The van der Waals surface area contributed by atoms with Crippen molar-refractivity contribution >= 4 is 5.95 Å². The number of aromatic nitrogens is 6. The van der Waals surface area contributed by atoms with E-state index in [0.717, 1.165) is 12.8 Å². The molecule has 2 heterocycles. The number of rotatable bonds is 4. The van der Waals surface area contributed by atoms with Gasteiger partial charge in [-0.3, -0.25) is 0 Å². The van der Waals surface area contributed by atoms with E-state index in [-0.39, 0.29) is 11.6 Å². The third kappa shape index (κ3) is 2.97. The van der Waals surface area contributed by atoms with E-state index in [9.17, 15) is 5.11 Å². The molecule has 0 atom stereocenters. The van der Waals surface area contributed by atoms with Crippen molar-refractivity contribution in [1.29, 1.82) is 5.26 Å². The minimum Gasteiger partial charge on any atom is -0.507 e. The molecule has 0 spiro atoms. The van der Waals surface area contributed by atoms with E-state index in [1.807, 2.05) is 6.07 Å². The fraction of sp³-hybridized carbons (Fsp3) is 0.250. The highest BCUT2D eigenvalue weighted by Gasteiger charge is 2.22. The van der Waals surface area contributed by atoms with Crippen LogP contribution in [-0.4, -0.2) is 41.1 Å². The number of benzene rings is 1. The molecule has 0 bridgehead atoms. The van der Waals surface area contributed by atoms with Crippen LogP contribution in [0.3, 0.4) is 0 Å². The Labute approximate surface area is 143 Å². The summed E-state index contributed by atoms with van der Waals surface area (Å²) in [6.07, 6.45) is 3.82. The van der Waals surface area contributed by atoms with Crippen LogP contribution in [0.5, 0.6) is 5.75 Å². The molecule has 3 aromatic rings. The van der Waals surface area contributed by atoms with Crippen LogP contribution in [-0.2, 0) is 7.05 Å². The van der Waals surface area contributed by atoms with Gasteiger partial charge in [0.05, 0.1) is 6.20 Å². The second-order valence-electron chi connectivity index (χ2n) is 5.81. The van der Waals surface area contributed by atoms with Crippen LogP contribution in [0.25, 0.3) is 22.6 Å². The van der Waals surface area contributed by atoms with Gasteiger partial charge in [-0.25, -0.2) is 9.67 Å². The molecule has 1 aliphatic carbocycles. The topological polar surface area (TPSA) is 125 Å². The summed E-state index contributed by atoms with van der Waals surface area (Å²) in [6.45, 7) is 0. The first-order chi connectivity index (χ1) is 12.1. The highest BCUT2D eigenvalue weighted by molar-refractivity contribution is 5.71. The Morgan fingerprint density at radius 2 is 2.16 bits per heavy atom. The Morgan fingerprint density at radius 3 is 2.76 bits per heavy atom. The van der Waals surface area contributed by atoms with Crippen LogP contribution in [0.4, 0.5) is 5.95 Å². The summed E-state index contributed by atoms with van der Waals surface area (Å²) < 4.78 is 1.39. The zero-order valence-electron chi connectivity index (χ0n) is 13.4. The number of hydrogen-bond acceptors (Lipinski definition) is 8. The summed E-state index contributed by atoms with van der Waals surface area (Å²) in [7, 11) is 1.64. The van der Waals surface area contributed by atoms with Gasteiger partial charge in [0.2, 0.25) is 11.8 Å². The lowest BCUT2D eigenvalue weighted by atomic mass is 10.1. The Balaban J connectivity index is 1.61. The van der Waals surface area contributed by atoms with Crippen molar-refractivity contribution in [3.63, 3.8) is 0 Å². The van der Waals surface area contributed by atoms with E-state index in [0.29, 0.717) is 34.6 Å². The number of hydrogen-bond donors (Lipinski definition) is 2. The molecule has 4 rings (SSSR count). The first-order valence-corrected chi connectivity index (χ1v) is 7.75. The fourth-order valence-electron chi connectivity index (χ4n) is 2.37. The largest absolute Gasteiger partial charge is 0.507 e. The number of nitrogens with zero attached hydrogens (tertiary/aromatic N) is 7. The summed E-state index contributed by atoms with van der Waals surface area (Å²) in [4.78, 5) is 8.34. The van der Waals surface area contributed by atoms with Crippen molar-refractivity contribution < 1.29 is 5.11 Å². The normalized spacial score (nSPS) is 13.4. The van der Waals surface area contributed by atoms with Crippen molar-refractivity contribution in [2.45, 2.75) is 18.9 Å². The predicted molar refractivity (Wildman–Crippen MR) is 88.3 cm³/mol. The molecule has 0 amide bonds. The average Bonchev–Trinajstić information content (AvgIpc) is 3.35. The molecular weight excluding hydrogens is 320 g/mol. The molecule has 9 nitrogen and oxygen atoms in total. The van der Waals surface area contributed by atoms with Gasteiger partial charge in [-0.15, -0.1) is 10.2 Å². The first kappa shape index (κ1) is 15.0. The number of aromatic hydroxyl groups is 1. The lowest BCUT2D eigenvalue weighted by Gasteiger charge is -2.06. The third-order valence-electron chi connectivity index (χ3n) is 3.87. The van der Waals surface area contributed by atoms with Gasteiger partial charge in [-0.1, -0.05) is 6.07 Å². The van der Waals surface area contributed by atoms with Gasteiger partial charge in [0.15, 0.2) is 5.82 Å². The second kappa shape index (κ2) is 5.83. The SMILES string of the molecule is Cn1nc(-c2ccc(-c3cnc(NC4CC4)nn3)c(O)c2)nc1C#N. The third-order valence-corrected chi connectivity index (χ3v) is 3.87. The average molecular weight is 334 g/mol. The summed E-state index contributed by atoms with van der Waals surface area (Å²) in [5.41, 5.74) is 1.58. The molecule has 1 saturated carbocycles. The maximum Gasteiger partial charge on any atom is 0.242 e.